The molecule has 0 spiro atoms. The van der Waals surface area contributed by atoms with Gasteiger partial charge in [0.25, 0.3) is 5.56 Å². The Labute approximate surface area is 161 Å². The van der Waals surface area contributed by atoms with Crippen molar-refractivity contribution in [2.45, 2.75) is 24.5 Å². The van der Waals surface area contributed by atoms with E-state index < -0.39 is 29.8 Å². The molecule has 2 aromatic rings. The lowest BCUT2D eigenvalue weighted by Gasteiger charge is -2.26. The second-order valence-corrected chi connectivity index (χ2v) is 6.89. The number of nitrogens with zero attached hydrogens (tertiary/aromatic N) is 3. The van der Waals surface area contributed by atoms with Gasteiger partial charge >= 0.3 is 6.18 Å². The van der Waals surface area contributed by atoms with Gasteiger partial charge in [-0.3, -0.25) is 14.4 Å². The number of thioether (sulfide) groups is 1. The number of benzene rings is 1. The fourth-order valence-electron chi connectivity index (χ4n) is 2.72. The van der Waals surface area contributed by atoms with E-state index in [4.69, 9.17) is 0 Å². The molecule has 0 unspecified atom stereocenters. The molecule has 0 radical (unpaired) electrons. The van der Waals surface area contributed by atoms with Crippen molar-refractivity contribution in [1.29, 1.82) is 0 Å². The van der Waals surface area contributed by atoms with E-state index in [-0.39, 0.29) is 23.0 Å². The van der Waals surface area contributed by atoms with Crippen LogP contribution < -0.4 is 15.8 Å². The lowest BCUT2D eigenvalue weighted by atomic mass is 10.2. The maximum atomic E-state index is 12.8. The monoisotopic (exact) mass is 412 g/mol. The number of alkyl halides is 3. The van der Waals surface area contributed by atoms with E-state index >= 15 is 0 Å². The van der Waals surface area contributed by atoms with E-state index in [9.17, 15) is 27.6 Å². The fourth-order valence-corrected chi connectivity index (χ4v) is 3.61. The van der Waals surface area contributed by atoms with E-state index in [2.05, 4.69) is 10.4 Å². The van der Waals surface area contributed by atoms with Gasteiger partial charge in [-0.2, -0.15) is 18.3 Å². The summed E-state index contributed by atoms with van der Waals surface area (Å²) in [5, 5.41) is 6.25. The summed E-state index contributed by atoms with van der Waals surface area (Å²) in [4.78, 5) is 38.7. The van der Waals surface area contributed by atoms with Gasteiger partial charge in [-0.05, 0) is 25.1 Å². The van der Waals surface area contributed by atoms with Crippen LogP contribution in [0.1, 0.15) is 12.5 Å². The first-order valence-electron chi connectivity index (χ1n) is 8.21. The van der Waals surface area contributed by atoms with Crippen LogP contribution in [0.15, 0.2) is 40.2 Å². The molecular formula is C17H15F3N4O3S. The number of carbonyl (C=O) groups excluding carboxylic acids is 2. The molecule has 0 aliphatic carbocycles. The third-order valence-electron chi connectivity index (χ3n) is 3.99. The maximum Gasteiger partial charge on any atom is 0.416 e. The highest BCUT2D eigenvalue weighted by molar-refractivity contribution is 8.00. The zero-order valence-electron chi connectivity index (χ0n) is 14.6. The number of nitrogens with one attached hydrogen (secondary N) is 1. The first kappa shape index (κ1) is 19.9. The van der Waals surface area contributed by atoms with E-state index in [1.165, 1.54) is 35.0 Å². The van der Waals surface area contributed by atoms with E-state index in [1.807, 2.05) is 0 Å². The van der Waals surface area contributed by atoms with Gasteiger partial charge in [0.15, 0.2) is 0 Å². The van der Waals surface area contributed by atoms with E-state index in [0.29, 0.717) is 11.4 Å². The van der Waals surface area contributed by atoms with Crippen molar-refractivity contribution in [1.82, 2.24) is 9.78 Å². The molecule has 1 aromatic carbocycles. The summed E-state index contributed by atoms with van der Waals surface area (Å²) in [6.07, 6.45) is -3.14. The predicted molar refractivity (Wildman–Crippen MR) is 97.3 cm³/mol. The van der Waals surface area contributed by atoms with E-state index in [0.717, 1.165) is 16.8 Å². The summed E-state index contributed by atoms with van der Waals surface area (Å²) >= 11 is 1.19. The summed E-state index contributed by atoms with van der Waals surface area (Å²) in [6, 6.07) is 4.17. The Morgan fingerprint density at radius 3 is 2.75 bits per heavy atom. The topological polar surface area (TPSA) is 84.3 Å². The largest absolute Gasteiger partial charge is 0.416 e. The molecule has 1 aromatic heterocycles. The number of fused-ring (bicyclic) bond motifs is 1. The number of halogens is 3. The number of anilines is 2. The average molecular weight is 412 g/mol. The van der Waals surface area contributed by atoms with Gasteiger partial charge in [0.2, 0.25) is 11.8 Å². The Kier molecular flexibility index (Phi) is 5.45. The van der Waals surface area contributed by atoms with Crippen LogP contribution in [0.3, 0.4) is 0 Å². The third kappa shape index (κ3) is 4.03. The molecule has 0 fully saturated rings. The van der Waals surface area contributed by atoms with Crippen molar-refractivity contribution in [3.63, 3.8) is 0 Å². The Bertz CT molecular complexity index is 990. The molecule has 7 nitrogen and oxygen atoms in total. The normalized spacial score (nSPS) is 14.0. The molecule has 1 aliphatic heterocycles. The lowest BCUT2D eigenvalue weighted by Crippen LogP contribution is -2.42. The molecule has 2 amide bonds. The van der Waals surface area contributed by atoms with Crippen LogP contribution >= 0.6 is 11.8 Å². The van der Waals surface area contributed by atoms with Gasteiger partial charge in [0.1, 0.15) is 12.2 Å². The number of amides is 2. The van der Waals surface area contributed by atoms with Gasteiger partial charge < -0.3 is 10.2 Å². The van der Waals surface area contributed by atoms with Crippen LogP contribution in [-0.2, 0) is 22.3 Å². The Balaban J connectivity index is 1.81. The summed E-state index contributed by atoms with van der Waals surface area (Å²) in [6.45, 7) is 1.52. The zero-order valence-corrected chi connectivity index (χ0v) is 15.4. The van der Waals surface area contributed by atoms with Crippen LogP contribution in [0.25, 0.3) is 0 Å². The number of aromatic nitrogens is 2. The SMILES string of the molecule is CCN1C(=O)CSc2cnn(CC(=O)Nc3cccc(C(F)(F)F)c3)c(=O)c21. The van der Waals surface area contributed by atoms with Crippen LogP contribution in [0, 0.1) is 0 Å². The minimum atomic E-state index is -4.54. The molecule has 28 heavy (non-hydrogen) atoms. The predicted octanol–water partition coefficient (Wildman–Crippen LogP) is 2.36. The molecule has 3 rings (SSSR count). The quantitative estimate of drug-likeness (QED) is 0.834. The van der Waals surface area contributed by atoms with E-state index in [1.54, 1.807) is 6.92 Å². The number of hydrogen-bond acceptors (Lipinski definition) is 5. The lowest BCUT2D eigenvalue weighted by molar-refractivity contribution is -0.137. The van der Waals surface area contributed by atoms with Crippen molar-refractivity contribution >= 4 is 35.0 Å². The van der Waals surface area contributed by atoms with Gasteiger partial charge in [-0.15, -0.1) is 11.8 Å². The standard InChI is InChI=1S/C17H15F3N4O3S/c1-2-23-14(26)9-28-12-7-21-24(16(27)15(12)23)8-13(25)22-11-5-3-4-10(6-11)17(18,19)20/h3-7H,2,8-9H2,1H3,(H,22,25). The van der Waals surface area contributed by atoms with Gasteiger partial charge in [0, 0.05) is 12.2 Å². The van der Waals surface area contributed by atoms with Crippen molar-refractivity contribution in [2.75, 3.05) is 22.5 Å². The number of carbonyl (C=O) groups is 2. The smallest absolute Gasteiger partial charge is 0.324 e. The van der Waals surface area contributed by atoms with Crippen molar-refractivity contribution in [3.8, 4) is 0 Å². The second-order valence-electron chi connectivity index (χ2n) is 5.87. The van der Waals surface area contributed by atoms with Gasteiger partial charge in [-0.1, -0.05) is 6.07 Å². The molecule has 1 aliphatic rings. The highest BCUT2D eigenvalue weighted by Crippen LogP contribution is 2.32. The third-order valence-corrected chi connectivity index (χ3v) is 4.99. The molecule has 0 saturated heterocycles. The summed E-state index contributed by atoms with van der Waals surface area (Å²) in [5.41, 5.74) is -1.40. The highest BCUT2D eigenvalue weighted by Gasteiger charge is 2.31. The minimum absolute atomic E-state index is 0.0493. The first-order valence-corrected chi connectivity index (χ1v) is 9.19. The number of rotatable bonds is 4. The molecule has 2 heterocycles. The van der Waals surface area contributed by atoms with Crippen LogP contribution in [0.4, 0.5) is 24.5 Å². The molecule has 0 saturated carbocycles. The van der Waals surface area contributed by atoms with Crippen LogP contribution in [0.2, 0.25) is 0 Å². The summed E-state index contributed by atoms with van der Waals surface area (Å²) in [5.74, 6) is -0.739. The van der Waals surface area contributed by atoms with Crippen LogP contribution in [-0.4, -0.2) is 33.9 Å². The fraction of sp³-hybridized carbons (Fsp3) is 0.294. The molecule has 0 bridgehead atoms. The molecule has 148 valence electrons. The molecule has 1 N–H and O–H groups in total. The average Bonchev–Trinajstić information content (AvgIpc) is 2.64. The summed E-state index contributed by atoms with van der Waals surface area (Å²) in [7, 11) is 0. The minimum Gasteiger partial charge on any atom is -0.324 e. The molecular weight excluding hydrogens is 397 g/mol. The molecule has 11 heteroatoms. The second kappa shape index (κ2) is 7.66. The zero-order chi connectivity index (χ0) is 20.5. The Hall–Kier alpha value is -2.82. The van der Waals surface area contributed by atoms with Crippen LogP contribution in [0.5, 0.6) is 0 Å². The van der Waals surface area contributed by atoms with Gasteiger partial charge in [0.05, 0.1) is 22.4 Å². The summed E-state index contributed by atoms with van der Waals surface area (Å²) < 4.78 is 39.2. The van der Waals surface area contributed by atoms with Crippen molar-refractivity contribution < 1.29 is 22.8 Å². The maximum absolute atomic E-state index is 12.8. The van der Waals surface area contributed by atoms with Gasteiger partial charge in [-0.25, -0.2) is 4.68 Å². The highest BCUT2D eigenvalue weighted by atomic mass is 32.2. The number of hydrogen-bond donors (Lipinski definition) is 1. The Morgan fingerprint density at radius 2 is 2.07 bits per heavy atom. The Morgan fingerprint density at radius 1 is 1.32 bits per heavy atom. The van der Waals surface area contributed by atoms with Crippen molar-refractivity contribution in [3.05, 3.63) is 46.4 Å². The first-order chi connectivity index (χ1) is 13.2. The van der Waals surface area contributed by atoms with Crippen molar-refractivity contribution in [2.24, 2.45) is 0 Å². The molecule has 0 atom stereocenters.